The molecule has 0 spiro atoms. The molecule has 1 N–H and O–H groups in total. The van der Waals surface area contributed by atoms with E-state index in [0.29, 0.717) is 12.3 Å². The smallest absolute Gasteiger partial charge is 0.223 e. The normalized spacial score (nSPS) is 15.0. The van der Waals surface area contributed by atoms with Gasteiger partial charge in [-0.05, 0) is 18.4 Å². The summed E-state index contributed by atoms with van der Waals surface area (Å²) in [5, 5.41) is 3.18. The first-order chi connectivity index (χ1) is 12.4. The Morgan fingerprint density at radius 2 is 1.88 bits per heavy atom. The molecule has 3 rings (SSSR count). The topological polar surface area (TPSA) is 58.1 Å². The van der Waals surface area contributed by atoms with Gasteiger partial charge in [0.15, 0.2) is 0 Å². The maximum atomic E-state index is 12.3. The van der Waals surface area contributed by atoms with Gasteiger partial charge in [0.2, 0.25) is 5.91 Å². The van der Waals surface area contributed by atoms with E-state index in [9.17, 15) is 4.79 Å². The van der Waals surface area contributed by atoms with Crippen molar-refractivity contribution >= 4 is 11.7 Å². The number of anilines is 1. The second kappa shape index (κ2) is 7.85. The zero-order valence-corrected chi connectivity index (χ0v) is 16.1. The molecule has 26 heavy (non-hydrogen) atoms. The lowest BCUT2D eigenvalue weighted by molar-refractivity contribution is -0.124. The summed E-state index contributed by atoms with van der Waals surface area (Å²) in [5.74, 6) is 2.37. The Bertz CT molecular complexity index is 734. The van der Waals surface area contributed by atoms with Crippen LogP contribution in [0.5, 0.6) is 0 Å². The van der Waals surface area contributed by atoms with Gasteiger partial charge in [0.05, 0.1) is 6.04 Å². The second-order valence-electron chi connectivity index (χ2n) is 7.58. The molecule has 2 aromatic rings. The van der Waals surface area contributed by atoms with Gasteiger partial charge >= 0.3 is 0 Å². The van der Waals surface area contributed by atoms with Crippen LogP contribution in [0.2, 0.25) is 0 Å². The largest absolute Gasteiger partial charge is 0.363 e. The summed E-state index contributed by atoms with van der Waals surface area (Å²) in [7, 11) is 4.00. The average molecular weight is 352 g/mol. The van der Waals surface area contributed by atoms with Gasteiger partial charge in [-0.3, -0.25) is 4.79 Å². The van der Waals surface area contributed by atoms with E-state index in [2.05, 4.69) is 17.4 Å². The number of carbonyl (C=O) groups is 1. The van der Waals surface area contributed by atoms with E-state index in [0.717, 1.165) is 22.9 Å². The fraction of sp³-hybridized carbons (Fsp3) is 0.476. The van der Waals surface area contributed by atoms with Crippen LogP contribution in [0.4, 0.5) is 5.82 Å². The predicted molar refractivity (Wildman–Crippen MR) is 104 cm³/mol. The number of hydrogen-bond donors (Lipinski definition) is 1. The predicted octanol–water partition coefficient (Wildman–Crippen LogP) is 3.48. The molecule has 138 valence electrons. The zero-order chi connectivity index (χ0) is 18.7. The highest BCUT2D eigenvalue weighted by atomic mass is 16.1. The molecule has 0 unspecified atom stereocenters. The third-order valence-corrected chi connectivity index (χ3v) is 4.64. The molecule has 1 atom stereocenters. The molecule has 1 fully saturated rings. The number of benzene rings is 1. The molecular formula is C21H28N4O. The van der Waals surface area contributed by atoms with Gasteiger partial charge in [-0.25, -0.2) is 9.97 Å². The molecule has 0 radical (unpaired) electrons. The Hall–Kier alpha value is -2.43. The van der Waals surface area contributed by atoms with E-state index in [4.69, 9.17) is 9.97 Å². The number of amides is 1. The average Bonchev–Trinajstić information content (AvgIpc) is 3.46. The van der Waals surface area contributed by atoms with Crippen LogP contribution in [0, 0.1) is 5.92 Å². The van der Waals surface area contributed by atoms with E-state index in [1.54, 1.807) is 0 Å². The number of aromatic nitrogens is 2. The number of nitrogens with one attached hydrogen (secondary N) is 1. The van der Waals surface area contributed by atoms with Crippen LogP contribution in [-0.4, -0.2) is 30.0 Å². The maximum Gasteiger partial charge on any atom is 0.223 e. The van der Waals surface area contributed by atoms with Gasteiger partial charge in [-0.15, -0.1) is 0 Å². The minimum Gasteiger partial charge on any atom is -0.363 e. The highest BCUT2D eigenvalue weighted by Crippen LogP contribution is 2.38. The van der Waals surface area contributed by atoms with Crippen molar-refractivity contribution in [3.05, 3.63) is 53.5 Å². The van der Waals surface area contributed by atoms with Gasteiger partial charge in [-0.2, -0.15) is 0 Å². The van der Waals surface area contributed by atoms with Gasteiger partial charge in [-0.1, -0.05) is 44.2 Å². The molecule has 1 aliphatic rings. The summed E-state index contributed by atoms with van der Waals surface area (Å²) >= 11 is 0. The molecule has 1 amide bonds. The third kappa shape index (κ3) is 4.59. The van der Waals surface area contributed by atoms with Crippen molar-refractivity contribution in [2.45, 2.75) is 45.1 Å². The molecule has 5 heteroatoms. The highest BCUT2D eigenvalue weighted by molar-refractivity contribution is 5.78. The summed E-state index contributed by atoms with van der Waals surface area (Å²) in [6.45, 7) is 3.83. The first kappa shape index (κ1) is 18.4. The Labute approximate surface area is 155 Å². The van der Waals surface area contributed by atoms with Gasteiger partial charge < -0.3 is 10.2 Å². The molecule has 0 aliphatic heterocycles. The van der Waals surface area contributed by atoms with Gasteiger partial charge in [0.1, 0.15) is 11.6 Å². The van der Waals surface area contributed by atoms with Crippen molar-refractivity contribution in [1.29, 1.82) is 0 Å². The van der Waals surface area contributed by atoms with Crippen molar-refractivity contribution in [3.8, 4) is 0 Å². The maximum absolute atomic E-state index is 12.3. The lowest BCUT2D eigenvalue weighted by Gasteiger charge is -2.21. The number of carbonyl (C=O) groups excluding carboxylic acids is 1. The standard InChI is InChI=1S/C21H28N4O/c1-14(2)21(26)23-18(15-8-6-5-7-9-15)12-17-13-19(25(3)4)24-20(22-17)16-10-11-16/h5-9,13-14,16,18H,10-12H2,1-4H3,(H,23,26)/t18-/m1/s1. The van der Waals surface area contributed by atoms with Crippen LogP contribution in [0.25, 0.3) is 0 Å². The van der Waals surface area contributed by atoms with Crippen molar-refractivity contribution < 1.29 is 4.79 Å². The van der Waals surface area contributed by atoms with Crippen LogP contribution in [0.1, 0.15) is 55.7 Å². The van der Waals surface area contributed by atoms with Crippen molar-refractivity contribution in [3.63, 3.8) is 0 Å². The van der Waals surface area contributed by atoms with Crippen molar-refractivity contribution in [1.82, 2.24) is 15.3 Å². The molecular weight excluding hydrogens is 324 g/mol. The number of hydrogen-bond acceptors (Lipinski definition) is 4. The lowest BCUT2D eigenvalue weighted by atomic mass is 10.0. The minimum absolute atomic E-state index is 0.0500. The highest BCUT2D eigenvalue weighted by Gasteiger charge is 2.28. The first-order valence-electron chi connectivity index (χ1n) is 9.34. The molecule has 1 saturated carbocycles. The first-order valence-corrected chi connectivity index (χ1v) is 9.34. The molecule has 0 bridgehead atoms. The van der Waals surface area contributed by atoms with E-state index in [1.165, 1.54) is 12.8 Å². The molecule has 1 aliphatic carbocycles. The molecule has 1 aromatic heterocycles. The lowest BCUT2D eigenvalue weighted by Crippen LogP contribution is -2.33. The number of rotatable bonds is 7. The Balaban J connectivity index is 1.89. The fourth-order valence-corrected chi connectivity index (χ4v) is 2.85. The SMILES string of the molecule is CC(C)C(=O)N[C@H](Cc1cc(N(C)C)nc(C2CC2)n1)c1ccccc1. The molecule has 5 nitrogen and oxygen atoms in total. The van der Waals surface area contributed by atoms with Crippen LogP contribution < -0.4 is 10.2 Å². The Morgan fingerprint density at radius 1 is 1.19 bits per heavy atom. The summed E-state index contributed by atoms with van der Waals surface area (Å²) in [4.78, 5) is 23.8. The minimum atomic E-state index is -0.0944. The molecule has 1 aromatic carbocycles. The quantitative estimate of drug-likeness (QED) is 0.829. The number of nitrogens with zero attached hydrogens (tertiary/aromatic N) is 3. The van der Waals surface area contributed by atoms with Crippen molar-refractivity contribution in [2.24, 2.45) is 5.92 Å². The van der Waals surface area contributed by atoms with E-state index < -0.39 is 0 Å². The van der Waals surface area contributed by atoms with Gasteiger partial charge in [0.25, 0.3) is 0 Å². The van der Waals surface area contributed by atoms with Gasteiger partial charge in [0, 0.05) is 44.1 Å². The summed E-state index contributed by atoms with van der Waals surface area (Å²) in [6, 6.07) is 12.1. The van der Waals surface area contributed by atoms with Crippen LogP contribution in [-0.2, 0) is 11.2 Å². The van der Waals surface area contributed by atoms with E-state index in [1.807, 2.05) is 57.1 Å². The monoisotopic (exact) mass is 352 g/mol. The Morgan fingerprint density at radius 3 is 2.46 bits per heavy atom. The van der Waals surface area contributed by atoms with E-state index in [-0.39, 0.29) is 17.9 Å². The molecule has 1 heterocycles. The van der Waals surface area contributed by atoms with E-state index >= 15 is 0 Å². The zero-order valence-electron chi connectivity index (χ0n) is 16.1. The third-order valence-electron chi connectivity index (χ3n) is 4.64. The molecule has 0 saturated heterocycles. The van der Waals surface area contributed by atoms with Crippen LogP contribution >= 0.6 is 0 Å². The van der Waals surface area contributed by atoms with Crippen molar-refractivity contribution in [2.75, 3.05) is 19.0 Å². The van der Waals surface area contributed by atoms with Crippen LogP contribution in [0.15, 0.2) is 36.4 Å². The van der Waals surface area contributed by atoms with Crippen LogP contribution in [0.3, 0.4) is 0 Å². The summed E-state index contributed by atoms with van der Waals surface area (Å²) in [6.07, 6.45) is 3.00. The second-order valence-corrected chi connectivity index (χ2v) is 7.58. The summed E-state index contributed by atoms with van der Waals surface area (Å²) < 4.78 is 0. The summed E-state index contributed by atoms with van der Waals surface area (Å²) in [5.41, 5.74) is 2.07. The fourth-order valence-electron chi connectivity index (χ4n) is 2.85. The Kier molecular flexibility index (Phi) is 5.55.